The molecule has 2 rings (SSSR count). The van der Waals surface area contributed by atoms with Crippen LogP contribution in [0.15, 0.2) is 18.2 Å². The maximum absolute atomic E-state index is 12.2. The summed E-state index contributed by atoms with van der Waals surface area (Å²) in [4.78, 5) is 13.9. The van der Waals surface area contributed by atoms with Gasteiger partial charge in [-0.15, -0.1) is 0 Å². The number of carbonyl (C=O) groups is 1. The number of nitrogens with zero attached hydrogens (tertiary/aromatic N) is 1. The van der Waals surface area contributed by atoms with Gasteiger partial charge in [0.05, 0.1) is 18.2 Å². The van der Waals surface area contributed by atoms with Crippen molar-refractivity contribution in [2.75, 3.05) is 31.7 Å². The number of likely N-dealkylation sites (N-methyl/N-ethyl adjacent to an activating group) is 1. The molecule has 1 aliphatic heterocycles. The van der Waals surface area contributed by atoms with Gasteiger partial charge in [0.2, 0.25) is 0 Å². The van der Waals surface area contributed by atoms with Crippen LogP contribution >= 0.6 is 0 Å². The average Bonchev–Trinajstić information content (AvgIpc) is 2.80. The fraction of sp³-hybridized carbons (Fsp3) is 0.417. The van der Waals surface area contributed by atoms with E-state index in [0.29, 0.717) is 30.2 Å². The summed E-state index contributed by atoms with van der Waals surface area (Å²) in [5, 5.41) is 0. The molecule has 5 heteroatoms. The van der Waals surface area contributed by atoms with Gasteiger partial charge in [0.1, 0.15) is 0 Å². The zero-order chi connectivity index (χ0) is 12.4. The molecule has 1 unspecified atom stereocenters. The lowest BCUT2D eigenvalue weighted by molar-refractivity contribution is 0.0712. The molecule has 0 spiro atoms. The summed E-state index contributed by atoms with van der Waals surface area (Å²) in [6, 6.07) is 5.09. The fourth-order valence-corrected chi connectivity index (χ4v) is 1.96. The van der Waals surface area contributed by atoms with Crippen LogP contribution in [0.3, 0.4) is 0 Å². The van der Waals surface area contributed by atoms with E-state index in [-0.39, 0.29) is 11.9 Å². The number of nitrogens with two attached hydrogens (primary N) is 2. The maximum Gasteiger partial charge on any atom is 0.256 e. The Morgan fingerprint density at radius 2 is 2.24 bits per heavy atom. The highest BCUT2D eigenvalue weighted by atomic mass is 16.5. The summed E-state index contributed by atoms with van der Waals surface area (Å²) in [6.45, 7) is 1.30. The van der Waals surface area contributed by atoms with Gasteiger partial charge >= 0.3 is 0 Å². The number of ether oxygens (including phenoxy) is 1. The topological polar surface area (TPSA) is 81.6 Å². The Hall–Kier alpha value is -1.75. The molecule has 1 atom stereocenters. The van der Waals surface area contributed by atoms with E-state index in [4.69, 9.17) is 16.2 Å². The van der Waals surface area contributed by atoms with Crippen LogP contribution < -0.4 is 11.5 Å². The molecule has 1 heterocycles. The molecule has 1 aromatic rings. The third kappa shape index (κ3) is 2.34. The Morgan fingerprint density at radius 3 is 2.82 bits per heavy atom. The van der Waals surface area contributed by atoms with E-state index in [2.05, 4.69) is 0 Å². The molecule has 1 amide bonds. The van der Waals surface area contributed by atoms with Crippen LogP contribution in [0, 0.1) is 0 Å². The van der Waals surface area contributed by atoms with E-state index in [9.17, 15) is 4.79 Å². The summed E-state index contributed by atoms with van der Waals surface area (Å²) in [5.41, 5.74) is 12.9. The van der Waals surface area contributed by atoms with E-state index in [1.54, 1.807) is 30.1 Å². The second-order valence-corrected chi connectivity index (χ2v) is 4.28. The molecule has 1 aliphatic rings. The number of hydrogen-bond donors (Lipinski definition) is 2. The normalized spacial score (nSPS) is 19.2. The van der Waals surface area contributed by atoms with Crippen molar-refractivity contribution in [2.45, 2.75) is 12.5 Å². The first kappa shape index (κ1) is 11.7. The first-order chi connectivity index (χ1) is 8.09. The third-order valence-corrected chi connectivity index (χ3v) is 3.08. The number of nitrogen functional groups attached to an aromatic ring is 2. The first-order valence-electron chi connectivity index (χ1n) is 5.59. The van der Waals surface area contributed by atoms with Gasteiger partial charge in [-0.1, -0.05) is 0 Å². The number of hydrogen-bond acceptors (Lipinski definition) is 4. The Kier molecular flexibility index (Phi) is 3.19. The molecule has 1 saturated heterocycles. The Morgan fingerprint density at radius 1 is 1.47 bits per heavy atom. The molecule has 92 valence electrons. The molecule has 4 N–H and O–H groups in total. The van der Waals surface area contributed by atoms with E-state index in [1.807, 2.05) is 0 Å². The van der Waals surface area contributed by atoms with Crippen molar-refractivity contribution in [1.29, 1.82) is 0 Å². The van der Waals surface area contributed by atoms with Crippen molar-refractivity contribution >= 4 is 17.3 Å². The highest BCUT2D eigenvalue weighted by Crippen LogP contribution is 2.20. The Bertz CT molecular complexity index is 428. The molecule has 0 aromatic heterocycles. The average molecular weight is 235 g/mol. The lowest BCUT2D eigenvalue weighted by Crippen LogP contribution is -2.37. The van der Waals surface area contributed by atoms with Crippen LogP contribution in [-0.4, -0.2) is 37.1 Å². The summed E-state index contributed by atoms with van der Waals surface area (Å²) in [7, 11) is 1.78. The molecule has 17 heavy (non-hydrogen) atoms. The zero-order valence-electron chi connectivity index (χ0n) is 9.85. The van der Waals surface area contributed by atoms with Gasteiger partial charge in [-0.3, -0.25) is 4.79 Å². The van der Waals surface area contributed by atoms with E-state index >= 15 is 0 Å². The van der Waals surface area contributed by atoms with E-state index in [0.717, 1.165) is 6.42 Å². The Labute approximate surface area is 100 Å². The molecule has 0 aliphatic carbocycles. The van der Waals surface area contributed by atoms with Crippen molar-refractivity contribution in [3.05, 3.63) is 23.8 Å². The quantitative estimate of drug-likeness (QED) is 0.740. The highest BCUT2D eigenvalue weighted by Gasteiger charge is 2.25. The third-order valence-electron chi connectivity index (χ3n) is 3.08. The minimum Gasteiger partial charge on any atom is -0.399 e. The predicted octanol–water partition coefficient (Wildman–Crippen LogP) is 0.712. The molecule has 1 aromatic carbocycles. The number of carbonyl (C=O) groups excluding carboxylic acids is 1. The van der Waals surface area contributed by atoms with Crippen LogP contribution in [0.4, 0.5) is 11.4 Å². The van der Waals surface area contributed by atoms with E-state index < -0.39 is 0 Å². The van der Waals surface area contributed by atoms with Crippen LogP contribution in [0.1, 0.15) is 16.8 Å². The summed E-state index contributed by atoms with van der Waals surface area (Å²) < 4.78 is 5.27. The van der Waals surface area contributed by atoms with E-state index in [1.165, 1.54) is 0 Å². The second kappa shape index (κ2) is 4.63. The Balaban J connectivity index is 2.18. The molecular weight excluding hydrogens is 218 g/mol. The molecule has 0 radical (unpaired) electrons. The maximum atomic E-state index is 12.2. The van der Waals surface area contributed by atoms with Crippen LogP contribution in [0.2, 0.25) is 0 Å². The summed E-state index contributed by atoms with van der Waals surface area (Å²) >= 11 is 0. The standard InChI is InChI=1S/C12H17N3O2/c1-15(9-4-5-17-7-9)12(16)10-3-2-8(13)6-11(10)14/h2-3,6,9H,4-5,7,13-14H2,1H3. The van der Waals surface area contributed by atoms with Gasteiger partial charge in [0.25, 0.3) is 5.91 Å². The lowest BCUT2D eigenvalue weighted by atomic mass is 10.1. The number of amides is 1. The van der Waals surface area contributed by atoms with Crippen molar-refractivity contribution in [3.63, 3.8) is 0 Å². The van der Waals surface area contributed by atoms with Crippen molar-refractivity contribution < 1.29 is 9.53 Å². The van der Waals surface area contributed by atoms with Gasteiger partial charge < -0.3 is 21.1 Å². The second-order valence-electron chi connectivity index (χ2n) is 4.28. The van der Waals surface area contributed by atoms with Gasteiger partial charge in [-0.25, -0.2) is 0 Å². The highest BCUT2D eigenvalue weighted by molar-refractivity contribution is 5.99. The fourth-order valence-electron chi connectivity index (χ4n) is 1.96. The lowest BCUT2D eigenvalue weighted by Gasteiger charge is -2.23. The molecule has 0 bridgehead atoms. The first-order valence-corrected chi connectivity index (χ1v) is 5.59. The number of anilines is 2. The van der Waals surface area contributed by atoms with Crippen molar-refractivity contribution in [1.82, 2.24) is 4.90 Å². The SMILES string of the molecule is CN(C(=O)c1ccc(N)cc1N)C1CCOC1. The molecule has 5 nitrogen and oxygen atoms in total. The summed E-state index contributed by atoms with van der Waals surface area (Å²) in [6.07, 6.45) is 0.872. The van der Waals surface area contributed by atoms with Gasteiger partial charge in [0, 0.05) is 25.0 Å². The van der Waals surface area contributed by atoms with Crippen LogP contribution in [0.25, 0.3) is 0 Å². The zero-order valence-corrected chi connectivity index (χ0v) is 9.85. The molecular formula is C12H17N3O2. The molecule has 0 saturated carbocycles. The van der Waals surface area contributed by atoms with Gasteiger partial charge in [0.15, 0.2) is 0 Å². The van der Waals surface area contributed by atoms with Gasteiger partial charge in [-0.2, -0.15) is 0 Å². The summed E-state index contributed by atoms with van der Waals surface area (Å²) in [5.74, 6) is -0.0852. The minimum atomic E-state index is -0.0852. The predicted molar refractivity (Wildman–Crippen MR) is 66.6 cm³/mol. The van der Waals surface area contributed by atoms with Crippen LogP contribution in [-0.2, 0) is 4.74 Å². The van der Waals surface area contributed by atoms with Crippen molar-refractivity contribution in [2.24, 2.45) is 0 Å². The van der Waals surface area contributed by atoms with Crippen LogP contribution in [0.5, 0.6) is 0 Å². The smallest absolute Gasteiger partial charge is 0.256 e. The number of rotatable bonds is 2. The van der Waals surface area contributed by atoms with Gasteiger partial charge in [-0.05, 0) is 24.6 Å². The number of benzene rings is 1. The monoisotopic (exact) mass is 235 g/mol. The van der Waals surface area contributed by atoms with Crippen molar-refractivity contribution in [3.8, 4) is 0 Å². The minimum absolute atomic E-state index is 0.0852. The molecule has 1 fully saturated rings. The largest absolute Gasteiger partial charge is 0.399 e.